The van der Waals surface area contributed by atoms with E-state index in [0.717, 1.165) is 5.56 Å². The highest BCUT2D eigenvalue weighted by molar-refractivity contribution is 7.08. The molecule has 0 atom stereocenters. The summed E-state index contributed by atoms with van der Waals surface area (Å²) >= 11 is 1.60. The summed E-state index contributed by atoms with van der Waals surface area (Å²) in [6.07, 6.45) is 1.34. The molecule has 0 bridgehead atoms. The maximum atomic E-state index is 10.5. The minimum atomic E-state index is -0.677. The molecule has 1 aliphatic heterocycles. The number of aromatic nitrogens is 2. The summed E-state index contributed by atoms with van der Waals surface area (Å²) in [5.41, 5.74) is 0.296. The number of hydrogen-bond donors (Lipinski definition) is 1. The lowest BCUT2D eigenvalue weighted by Gasteiger charge is -2.35. The van der Waals surface area contributed by atoms with Crippen molar-refractivity contribution in [2.45, 2.75) is 25.0 Å². The van der Waals surface area contributed by atoms with Crippen molar-refractivity contribution in [2.24, 2.45) is 0 Å². The van der Waals surface area contributed by atoms with Gasteiger partial charge in [-0.15, -0.1) is 0 Å². The molecule has 2 aromatic heterocycles. The lowest BCUT2D eigenvalue weighted by Crippen LogP contribution is -2.45. The normalized spacial score (nSPS) is 18.2. The van der Waals surface area contributed by atoms with Crippen molar-refractivity contribution in [2.75, 3.05) is 26.8 Å². The Hall–Kier alpha value is -1.28. The first-order chi connectivity index (χ1) is 10.1. The molecule has 0 saturated carbocycles. The number of ether oxygens (including phenoxy) is 1. The van der Waals surface area contributed by atoms with Crippen LogP contribution in [0.2, 0.25) is 0 Å². The van der Waals surface area contributed by atoms with E-state index in [1.165, 1.54) is 0 Å². The monoisotopic (exact) mass is 309 g/mol. The molecule has 21 heavy (non-hydrogen) atoms. The zero-order valence-corrected chi connectivity index (χ0v) is 12.8. The third-order valence-corrected chi connectivity index (χ3v) is 4.32. The fourth-order valence-electron chi connectivity index (χ4n) is 2.53. The van der Waals surface area contributed by atoms with Gasteiger partial charge in [0, 0.05) is 43.5 Å². The van der Waals surface area contributed by atoms with Gasteiger partial charge in [0.05, 0.1) is 12.1 Å². The van der Waals surface area contributed by atoms with E-state index in [9.17, 15) is 5.11 Å². The summed E-state index contributed by atoms with van der Waals surface area (Å²) in [4.78, 5) is 6.40. The first-order valence-electron chi connectivity index (χ1n) is 6.98. The van der Waals surface area contributed by atoms with Gasteiger partial charge in [0.1, 0.15) is 0 Å². The molecule has 0 radical (unpaired) electrons. The second-order valence-electron chi connectivity index (χ2n) is 5.53. The second kappa shape index (κ2) is 6.23. The summed E-state index contributed by atoms with van der Waals surface area (Å²) in [5, 5.41) is 18.4. The van der Waals surface area contributed by atoms with Crippen molar-refractivity contribution in [3.8, 4) is 11.4 Å². The molecular formula is C14H19N3O3S. The van der Waals surface area contributed by atoms with E-state index in [-0.39, 0.29) is 0 Å². The first-order valence-corrected chi connectivity index (χ1v) is 7.93. The smallest absolute Gasteiger partial charge is 0.241 e. The molecule has 0 spiro atoms. The van der Waals surface area contributed by atoms with Crippen LogP contribution < -0.4 is 0 Å². The molecule has 0 unspecified atom stereocenters. The van der Waals surface area contributed by atoms with Gasteiger partial charge in [-0.2, -0.15) is 16.3 Å². The molecule has 0 aromatic carbocycles. The van der Waals surface area contributed by atoms with Gasteiger partial charge in [0.15, 0.2) is 0 Å². The van der Waals surface area contributed by atoms with Crippen LogP contribution in [0.1, 0.15) is 18.7 Å². The van der Waals surface area contributed by atoms with Gasteiger partial charge in [-0.3, -0.25) is 4.90 Å². The van der Waals surface area contributed by atoms with Crippen LogP contribution in [0.5, 0.6) is 0 Å². The molecule has 3 rings (SSSR count). The third-order valence-electron chi connectivity index (χ3n) is 3.64. The molecule has 3 heterocycles. The molecule has 1 aliphatic rings. The predicted molar refractivity (Wildman–Crippen MR) is 78.9 cm³/mol. The molecule has 114 valence electrons. The Bertz CT molecular complexity index is 564. The van der Waals surface area contributed by atoms with E-state index in [0.29, 0.717) is 50.9 Å². The maximum absolute atomic E-state index is 10.5. The molecule has 7 heteroatoms. The minimum absolute atomic E-state index is 0.528. The average Bonchev–Trinajstić information content (AvgIpc) is 3.08. The Labute approximate surface area is 127 Å². The Morgan fingerprint density at radius 3 is 2.95 bits per heavy atom. The summed E-state index contributed by atoms with van der Waals surface area (Å²) < 4.78 is 10.6. The summed E-state index contributed by atoms with van der Waals surface area (Å²) in [6, 6.07) is 1.97. The highest BCUT2D eigenvalue weighted by atomic mass is 32.1. The number of aliphatic hydroxyl groups is 1. The zero-order valence-electron chi connectivity index (χ0n) is 12.0. The van der Waals surface area contributed by atoms with Crippen molar-refractivity contribution in [1.29, 1.82) is 0 Å². The summed E-state index contributed by atoms with van der Waals surface area (Å²) in [6.45, 7) is 2.34. The van der Waals surface area contributed by atoms with Crippen LogP contribution in [0.25, 0.3) is 11.4 Å². The van der Waals surface area contributed by atoms with Gasteiger partial charge in [-0.25, -0.2) is 0 Å². The lowest BCUT2D eigenvalue weighted by atomic mass is 9.94. The number of hydrogen-bond acceptors (Lipinski definition) is 7. The Kier molecular flexibility index (Phi) is 4.34. The maximum Gasteiger partial charge on any atom is 0.241 e. The average molecular weight is 309 g/mol. The molecule has 1 N–H and O–H groups in total. The highest BCUT2D eigenvalue weighted by Crippen LogP contribution is 2.22. The Morgan fingerprint density at radius 1 is 1.43 bits per heavy atom. The lowest BCUT2D eigenvalue weighted by molar-refractivity contribution is -0.0784. The van der Waals surface area contributed by atoms with E-state index < -0.39 is 5.60 Å². The van der Waals surface area contributed by atoms with Crippen LogP contribution in [-0.4, -0.2) is 52.6 Å². The number of likely N-dealkylation sites (N-methyl/N-ethyl adjacent to an activating group) is 1. The number of rotatable bonds is 5. The predicted octanol–water partition coefficient (Wildman–Crippen LogP) is 1.77. The van der Waals surface area contributed by atoms with E-state index >= 15 is 0 Å². The van der Waals surface area contributed by atoms with Gasteiger partial charge in [0.2, 0.25) is 11.7 Å². The van der Waals surface area contributed by atoms with Gasteiger partial charge in [-0.1, -0.05) is 5.16 Å². The van der Waals surface area contributed by atoms with Gasteiger partial charge in [0.25, 0.3) is 0 Å². The molecule has 0 aliphatic carbocycles. The quantitative estimate of drug-likeness (QED) is 0.907. The van der Waals surface area contributed by atoms with Crippen molar-refractivity contribution < 1.29 is 14.4 Å². The molecule has 0 amide bonds. The number of nitrogens with zero attached hydrogens (tertiary/aromatic N) is 3. The van der Waals surface area contributed by atoms with Crippen molar-refractivity contribution >= 4 is 11.3 Å². The van der Waals surface area contributed by atoms with E-state index in [4.69, 9.17) is 9.26 Å². The topological polar surface area (TPSA) is 71.6 Å². The van der Waals surface area contributed by atoms with Crippen molar-refractivity contribution in [1.82, 2.24) is 15.0 Å². The van der Waals surface area contributed by atoms with Crippen molar-refractivity contribution in [3.63, 3.8) is 0 Å². The van der Waals surface area contributed by atoms with Gasteiger partial charge in [-0.05, 0) is 18.5 Å². The first kappa shape index (κ1) is 14.6. The van der Waals surface area contributed by atoms with Crippen LogP contribution >= 0.6 is 11.3 Å². The fraction of sp³-hybridized carbons (Fsp3) is 0.571. The van der Waals surface area contributed by atoms with E-state index in [2.05, 4.69) is 10.1 Å². The summed E-state index contributed by atoms with van der Waals surface area (Å²) in [5.74, 6) is 1.18. The standard InChI is InChI=1S/C14H19N3O3S/c1-17(10-14(18)3-5-19-6-4-14)8-12-15-13(16-20-12)11-2-7-21-9-11/h2,7,9,18H,3-6,8,10H2,1H3. The number of thiophene rings is 1. The van der Waals surface area contributed by atoms with Crippen LogP contribution in [0.3, 0.4) is 0 Å². The molecule has 1 fully saturated rings. The van der Waals surface area contributed by atoms with Gasteiger partial charge >= 0.3 is 0 Å². The molecule has 1 saturated heterocycles. The largest absolute Gasteiger partial charge is 0.388 e. The van der Waals surface area contributed by atoms with Crippen molar-refractivity contribution in [3.05, 3.63) is 22.7 Å². The SMILES string of the molecule is CN(Cc1nc(-c2ccsc2)no1)CC1(O)CCOCC1. The van der Waals surface area contributed by atoms with Crippen LogP contribution in [-0.2, 0) is 11.3 Å². The Morgan fingerprint density at radius 2 is 2.24 bits per heavy atom. The fourth-order valence-corrected chi connectivity index (χ4v) is 3.16. The molecule has 2 aromatic rings. The van der Waals surface area contributed by atoms with Gasteiger partial charge < -0.3 is 14.4 Å². The molecular weight excluding hydrogens is 290 g/mol. The minimum Gasteiger partial charge on any atom is -0.388 e. The van der Waals surface area contributed by atoms with Crippen LogP contribution in [0, 0.1) is 0 Å². The molecule has 6 nitrogen and oxygen atoms in total. The highest BCUT2D eigenvalue weighted by Gasteiger charge is 2.31. The second-order valence-corrected chi connectivity index (χ2v) is 6.31. The van der Waals surface area contributed by atoms with Crippen LogP contribution in [0.15, 0.2) is 21.3 Å². The third kappa shape index (κ3) is 3.68. The van der Waals surface area contributed by atoms with E-state index in [1.54, 1.807) is 11.3 Å². The summed E-state index contributed by atoms with van der Waals surface area (Å²) in [7, 11) is 1.95. The van der Waals surface area contributed by atoms with Crippen LogP contribution in [0.4, 0.5) is 0 Å². The van der Waals surface area contributed by atoms with E-state index in [1.807, 2.05) is 28.8 Å². The zero-order chi connectivity index (χ0) is 14.7. The Balaban J connectivity index is 1.58.